The second-order valence-electron chi connectivity index (χ2n) is 4.32. The highest BCUT2D eigenvalue weighted by Gasteiger charge is 2.08. The number of carbonyl (C=O) groups excluding carboxylic acids is 1. The van der Waals surface area contributed by atoms with Gasteiger partial charge in [-0.2, -0.15) is 0 Å². The molecule has 0 radical (unpaired) electrons. The number of hydrogen-bond acceptors (Lipinski definition) is 5. The molecule has 2 aromatic heterocycles. The van der Waals surface area contributed by atoms with Gasteiger partial charge in [-0.1, -0.05) is 36.5 Å². The minimum atomic E-state index is -0.378. The van der Waals surface area contributed by atoms with Gasteiger partial charge < -0.3 is 0 Å². The molecular formula is C14H13N5OS. The fraction of sp³-hybridized carbons (Fsp3) is 0.143. The Bertz CT molecular complexity index is 786. The number of aromatic nitrogens is 3. The lowest BCUT2D eigenvalue weighted by molar-refractivity contribution is 0.262. The summed E-state index contributed by atoms with van der Waals surface area (Å²) in [4.78, 5) is 16.3. The third kappa shape index (κ3) is 3.14. The molecule has 1 aromatic carbocycles. The summed E-state index contributed by atoms with van der Waals surface area (Å²) in [6, 6.07) is 11.0. The summed E-state index contributed by atoms with van der Waals surface area (Å²) < 4.78 is 0. The lowest BCUT2D eigenvalue weighted by Gasteiger charge is -2.05. The first-order chi connectivity index (χ1) is 10.2. The molecule has 0 aliphatic carbocycles. The number of pyridine rings is 1. The van der Waals surface area contributed by atoms with Crippen molar-refractivity contribution in [2.75, 3.05) is 10.6 Å². The number of fused-ring (bicyclic) bond motifs is 1. The first-order valence-electron chi connectivity index (χ1n) is 6.51. The summed E-state index contributed by atoms with van der Waals surface area (Å²) in [5, 5.41) is 15.6. The molecule has 0 unspecified atom stereocenters. The van der Waals surface area contributed by atoms with Gasteiger partial charge in [0.25, 0.3) is 0 Å². The molecular weight excluding hydrogens is 286 g/mol. The van der Waals surface area contributed by atoms with E-state index in [2.05, 4.69) is 25.8 Å². The van der Waals surface area contributed by atoms with Crippen molar-refractivity contribution in [1.82, 2.24) is 15.2 Å². The zero-order valence-electron chi connectivity index (χ0n) is 11.3. The molecule has 3 aromatic rings. The van der Waals surface area contributed by atoms with Gasteiger partial charge in [-0.3, -0.25) is 10.6 Å². The van der Waals surface area contributed by atoms with Crippen LogP contribution in [0.1, 0.15) is 11.9 Å². The standard InChI is InChI=1S/C14H13N5OS/c1-2-12-18-19-14(21-12)17-13(20)16-11-8-7-9-5-3-4-6-10(9)15-11/h3-8H,2H2,1H3,(H2,15,16,17,19,20). The highest BCUT2D eigenvalue weighted by atomic mass is 32.1. The van der Waals surface area contributed by atoms with Gasteiger partial charge in [0, 0.05) is 5.39 Å². The van der Waals surface area contributed by atoms with Gasteiger partial charge in [-0.25, -0.2) is 9.78 Å². The molecule has 21 heavy (non-hydrogen) atoms. The minimum absolute atomic E-state index is 0.378. The maximum atomic E-state index is 11.9. The number of urea groups is 1. The summed E-state index contributed by atoms with van der Waals surface area (Å²) in [5.41, 5.74) is 0.833. The molecule has 0 saturated heterocycles. The summed E-state index contributed by atoms with van der Waals surface area (Å²) in [6.07, 6.45) is 0.799. The fourth-order valence-electron chi connectivity index (χ4n) is 1.83. The van der Waals surface area contributed by atoms with Crippen LogP contribution < -0.4 is 10.6 Å². The first kappa shape index (κ1) is 13.4. The fourth-order valence-corrected chi connectivity index (χ4v) is 2.50. The largest absolute Gasteiger partial charge is 0.326 e. The molecule has 0 saturated carbocycles. The summed E-state index contributed by atoms with van der Waals surface area (Å²) in [6.45, 7) is 1.99. The van der Waals surface area contributed by atoms with E-state index < -0.39 is 0 Å². The zero-order valence-corrected chi connectivity index (χ0v) is 12.1. The minimum Gasteiger partial charge on any atom is -0.292 e. The molecule has 2 N–H and O–H groups in total. The number of hydrogen-bond donors (Lipinski definition) is 2. The van der Waals surface area contributed by atoms with Gasteiger partial charge in [-0.15, -0.1) is 10.2 Å². The van der Waals surface area contributed by atoms with Crippen molar-refractivity contribution in [2.24, 2.45) is 0 Å². The van der Waals surface area contributed by atoms with Crippen molar-refractivity contribution >= 4 is 39.2 Å². The van der Waals surface area contributed by atoms with Crippen molar-refractivity contribution < 1.29 is 4.79 Å². The molecule has 106 valence electrons. The van der Waals surface area contributed by atoms with Gasteiger partial charge >= 0.3 is 6.03 Å². The van der Waals surface area contributed by atoms with Crippen LogP contribution in [0.2, 0.25) is 0 Å². The Hall–Kier alpha value is -2.54. The zero-order chi connectivity index (χ0) is 14.7. The van der Waals surface area contributed by atoms with Crippen LogP contribution in [0.4, 0.5) is 15.7 Å². The van der Waals surface area contributed by atoms with Crippen LogP contribution in [0, 0.1) is 0 Å². The monoisotopic (exact) mass is 299 g/mol. The topological polar surface area (TPSA) is 79.8 Å². The molecule has 3 rings (SSSR count). The van der Waals surface area contributed by atoms with E-state index in [-0.39, 0.29) is 6.03 Å². The van der Waals surface area contributed by atoms with Crippen LogP contribution in [0.25, 0.3) is 10.9 Å². The Morgan fingerprint density at radius 1 is 1.14 bits per heavy atom. The lowest BCUT2D eigenvalue weighted by atomic mass is 10.2. The van der Waals surface area contributed by atoms with Crippen molar-refractivity contribution in [3.8, 4) is 0 Å². The Morgan fingerprint density at radius 3 is 2.81 bits per heavy atom. The first-order valence-corrected chi connectivity index (χ1v) is 7.32. The average Bonchev–Trinajstić information content (AvgIpc) is 2.94. The van der Waals surface area contributed by atoms with Crippen molar-refractivity contribution in [3.63, 3.8) is 0 Å². The lowest BCUT2D eigenvalue weighted by Crippen LogP contribution is -2.19. The molecule has 0 spiro atoms. The SMILES string of the molecule is CCc1nnc(NC(=O)Nc2ccc3ccccc3n2)s1. The van der Waals surface area contributed by atoms with Gasteiger partial charge in [0.2, 0.25) is 5.13 Å². The molecule has 0 atom stereocenters. The van der Waals surface area contributed by atoms with Crippen molar-refractivity contribution in [2.45, 2.75) is 13.3 Å². The van der Waals surface area contributed by atoms with E-state index in [1.165, 1.54) is 11.3 Å². The van der Waals surface area contributed by atoms with E-state index in [1.807, 2.05) is 37.3 Å². The number of nitrogens with zero attached hydrogens (tertiary/aromatic N) is 3. The predicted molar refractivity (Wildman–Crippen MR) is 83.7 cm³/mol. The van der Waals surface area contributed by atoms with Gasteiger partial charge in [-0.05, 0) is 24.6 Å². The van der Waals surface area contributed by atoms with E-state index in [0.717, 1.165) is 22.3 Å². The molecule has 6 nitrogen and oxygen atoms in total. The number of para-hydroxylation sites is 1. The quantitative estimate of drug-likeness (QED) is 0.777. The maximum Gasteiger partial charge on any atom is 0.326 e. The number of anilines is 2. The summed E-state index contributed by atoms with van der Waals surface area (Å²) in [5.74, 6) is 0.492. The third-order valence-corrected chi connectivity index (χ3v) is 3.81. The van der Waals surface area contributed by atoms with E-state index in [9.17, 15) is 4.79 Å². The van der Waals surface area contributed by atoms with Crippen LogP contribution >= 0.6 is 11.3 Å². The average molecular weight is 299 g/mol. The van der Waals surface area contributed by atoms with Crippen molar-refractivity contribution in [3.05, 3.63) is 41.4 Å². The Kier molecular flexibility index (Phi) is 3.74. The Balaban J connectivity index is 1.70. The van der Waals surface area contributed by atoms with Crippen LogP contribution in [0.5, 0.6) is 0 Å². The van der Waals surface area contributed by atoms with Crippen molar-refractivity contribution in [1.29, 1.82) is 0 Å². The Morgan fingerprint density at radius 2 is 2.00 bits per heavy atom. The number of carbonyl (C=O) groups is 1. The smallest absolute Gasteiger partial charge is 0.292 e. The van der Waals surface area contributed by atoms with Crippen LogP contribution in [0.3, 0.4) is 0 Å². The summed E-state index contributed by atoms with van der Waals surface area (Å²) in [7, 11) is 0. The number of benzene rings is 1. The maximum absolute atomic E-state index is 11.9. The molecule has 0 fully saturated rings. The normalized spacial score (nSPS) is 10.5. The van der Waals surface area contributed by atoms with Gasteiger partial charge in [0.1, 0.15) is 10.8 Å². The third-order valence-electron chi connectivity index (χ3n) is 2.83. The number of amides is 2. The van der Waals surface area contributed by atoms with Crippen LogP contribution in [-0.4, -0.2) is 21.2 Å². The van der Waals surface area contributed by atoms with E-state index in [1.54, 1.807) is 6.07 Å². The van der Waals surface area contributed by atoms with E-state index >= 15 is 0 Å². The Labute approximate surface area is 125 Å². The van der Waals surface area contributed by atoms with Crippen LogP contribution in [0.15, 0.2) is 36.4 Å². The molecule has 7 heteroatoms. The molecule has 0 aliphatic rings. The van der Waals surface area contributed by atoms with Crippen LogP contribution in [-0.2, 0) is 6.42 Å². The number of aryl methyl sites for hydroxylation is 1. The number of rotatable bonds is 3. The summed E-state index contributed by atoms with van der Waals surface area (Å²) >= 11 is 1.36. The molecule has 2 heterocycles. The van der Waals surface area contributed by atoms with Gasteiger partial charge in [0.15, 0.2) is 0 Å². The second-order valence-corrected chi connectivity index (χ2v) is 5.38. The molecule has 2 amide bonds. The van der Waals surface area contributed by atoms with Gasteiger partial charge in [0.05, 0.1) is 5.52 Å². The van der Waals surface area contributed by atoms with E-state index in [4.69, 9.17) is 0 Å². The second kappa shape index (κ2) is 5.84. The molecule has 0 aliphatic heterocycles. The van der Waals surface area contributed by atoms with E-state index in [0.29, 0.717) is 10.9 Å². The highest BCUT2D eigenvalue weighted by Crippen LogP contribution is 2.17. The molecule has 0 bridgehead atoms. The predicted octanol–water partition coefficient (Wildman–Crippen LogP) is 3.29. The number of nitrogens with one attached hydrogen (secondary N) is 2. The highest BCUT2D eigenvalue weighted by molar-refractivity contribution is 7.15.